The van der Waals surface area contributed by atoms with Crippen LogP contribution in [0.2, 0.25) is 0 Å². The number of nitrogens with zero attached hydrogens (tertiary/aromatic N) is 2. The van der Waals surface area contributed by atoms with Gasteiger partial charge in [0.2, 0.25) is 0 Å². The molecular formula is C22H22N4O2S. The summed E-state index contributed by atoms with van der Waals surface area (Å²) in [6, 6.07) is 12.3. The van der Waals surface area contributed by atoms with E-state index in [1.165, 1.54) is 11.3 Å². The number of aryl methyl sites for hydroxylation is 2. The van der Waals surface area contributed by atoms with Crippen molar-refractivity contribution in [3.63, 3.8) is 0 Å². The first kappa shape index (κ1) is 18.3. The molecule has 2 atom stereocenters. The van der Waals surface area contributed by atoms with Crippen molar-refractivity contribution in [2.24, 2.45) is 5.92 Å². The van der Waals surface area contributed by atoms with Gasteiger partial charge >= 0.3 is 0 Å². The van der Waals surface area contributed by atoms with E-state index in [0.717, 1.165) is 49.5 Å². The van der Waals surface area contributed by atoms with Crippen LogP contribution in [0.5, 0.6) is 5.75 Å². The summed E-state index contributed by atoms with van der Waals surface area (Å²) in [5, 5.41) is 0. The number of imidazole rings is 1. The Morgan fingerprint density at radius 2 is 2.03 bits per heavy atom. The number of aromatic nitrogens is 2. The fourth-order valence-electron chi connectivity index (χ4n) is 4.13. The summed E-state index contributed by atoms with van der Waals surface area (Å²) in [5.41, 5.74) is 11.8. The molecule has 0 saturated carbocycles. The molecule has 148 valence electrons. The first-order valence-corrected chi connectivity index (χ1v) is 10.4. The van der Waals surface area contributed by atoms with Gasteiger partial charge < -0.3 is 4.74 Å². The van der Waals surface area contributed by atoms with Crippen LogP contribution < -0.4 is 25.7 Å². The molecular weight excluding hydrogens is 384 g/mol. The zero-order valence-electron chi connectivity index (χ0n) is 16.5. The van der Waals surface area contributed by atoms with Crippen LogP contribution in [0, 0.1) is 19.8 Å². The minimum Gasteiger partial charge on any atom is -0.497 e. The summed E-state index contributed by atoms with van der Waals surface area (Å²) >= 11 is 1.46. The van der Waals surface area contributed by atoms with Crippen molar-refractivity contribution in [1.29, 1.82) is 0 Å². The van der Waals surface area contributed by atoms with Crippen molar-refractivity contribution in [3.05, 3.63) is 68.0 Å². The second-order valence-corrected chi connectivity index (χ2v) is 8.57. The predicted octanol–water partition coefficient (Wildman–Crippen LogP) is 2.50. The van der Waals surface area contributed by atoms with Crippen molar-refractivity contribution in [1.82, 2.24) is 20.2 Å². The Labute approximate surface area is 171 Å². The fourth-order valence-corrected chi connectivity index (χ4v) is 5.15. The second-order valence-electron chi connectivity index (χ2n) is 7.56. The summed E-state index contributed by atoms with van der Waals surface area (Å²) < 4.78 is 7.75. The lowest BCUT2D eigenvalue weighted by molar-refractivity contribution is 0.414. The number of nitrogens with one attached hydrogen (secondary N) is 2. The number of benzene rings is 2. The molecule has 0 bridgehead atoms. The molecule has 6 nitrogen and oxygen atoms in total. The number of fused-ring (bicyclic) bond motifs is 3. The number of methoxy groups -OCH3 is 1. The van der Waals surface area contributed by atoms with E-state index in [1.54, 1.807) is 11.5 Å². The van der Waals surface area contributed by atoms with Gasteiger partial charge in [-0.1, -0.05) is 35.6 Å². The number of hydrazine groups is 1. The molecule has 1 fully saturated rings. The molecule has 2 aromatic carbocycles. The van der Waals surface area contributed by atoms with Crippen molar-refractivity contribution in [2.45, 2.75) is 19.9 Å². The number of thiazole rings is 1. The molecule has 3 heterocycles. The zero-order valence-corrected chi connectivity index (χ0v) is 17.3. The van der Waals surface area contributed by atoms with E-state index in [2.05, 4.69) is 35.1 Å². The SMILES string of the molecule is COc1ccc(C2NNCC2/C=c2\sc3nc4c(C)cc(C)cc4n3c2=O)cc1. The largest absolute Gasteiger partial charge is 0.497 e. The molecule has 0 amide bonds. The smallest absolute Gasteiger partial charge is 0.274 e. The molecule has 2 N–H and O–H groups in total. The molecule has 0 radical (unpaired) electrons. The van der Waals surface area contributed by atoms with Crippen molar-refractivity contribution in [3.8, 4) is 5.75 Å². The van der Waals surface area contributed by atoms with Crippen molar-refractivity contribution < 1.29 is 4.74 Å². The predicted molar refractivity (Wildman–Crippen MR) is 116 cm³/mol. The highest BCUT2D eigenvalue weighted by Gasteiger charge is 2.27. The lowest BCUT2D eigenvalue weighted by Crippen LogP contribution is -2.26. The molecule has 2 aromatic heterocycles. The van der Waals surface area contributed by atoms with Gasteiger partial charge in [0.05, 0.1) is 28.7 Å². The maximum absolute atomic E-state index is 13.2. The van der Waals surface area contributed by atoms with Crippen molar-refractivity contribution in [2.75, 3.05) is 13.7 Å². The van der Waals surface area contributed by atoms with E-state index in [1.807, 2.05) is 32.0 Å². The van der Waals surface area contributed by atoms with E-state index >= 15 is 0 Å². The van der Waals surface area contributed by atoms with Gasteiger partial charge in [-0.2, -0.15) is 0 Å². The Morgan fingerprint density at radius 1 is 1.24 bits per heavy atom. The van der Waals surface area contributed by atoms with Gasteiger partial charge in [-0.25, -0.2) is 14.8 Å². The molecule has 0 spiro atoms. The number of hydrogen-bond donors (Lipinski definition) is 2. The lowest BCUT2D eigenvalue weighted by atomic mass is 9.95. The van der Waals surface area contributed by atoms with E-state index in [-0.39, 0.29) is 17.5 Å². The highest BCUT2D eigenvalue weighted by atomic mass is 32.1. The van der Waals surface area contributed by atoms with Gasteiger partial charge in [0.1, 0.15) is 5.75 Å². The quantitative estimate of drug-likeness (QED) is 0.547. The monoisotopic (exact) mass is 406 g/mol. The van der Waals surface area contributed by atoms with E-state index < -0.39 is 0 Å². The first-order valence-electron chi connectivity index (χ1n) is 9.61. The number of ether oxygens (including phenoxy) is 1. The van der Waals surface area contributed by atoms with Gasteiger partial charge in [-0.3, -0.25) is 10.2 Å². The Morgan fingerprint density at radius 3 is 2.79 bits per heavy atom. The van der Waals surface area contributed by atoms with Gasteiger partial charge in [0, 0.05) is 12.5 Å². The van der Waals surface area contributed by atoms with Crippen LogP contribution in [0.3, 0.4) is 0 Å². The van der Waals surface area contributed by atoms with E-state index in [9.17, 15) is 4.79 Å². The summed E-state index contributed by atoms with van der Waals surface area (Å²) in [4.78, 5) is 18.7. The van der Waals surface area contributed by atoms with Crippen LogP contribution in [0.1, 0.15) is 22.7 Å². The Hall–Kier alpha value is -2.74. The van der Waals surface area contributed by atoms with Gasteiger partial charge in [-0.05, 0) is 48.7 Å². The van der Waals surface area contributed by atoms with Crippen LogP contribution in [-0.4, -0.2) is 23.0 Å². The maximum Gasteiger partial charge on any atom is 0.274 e. The average Bonchev–Trinajstić information content (AvgIpc) is 3.39. The normalized spacial score (nSPS) is 20.2. The standard InChI is InChI=1S/C22H22N4O2S/c1-12-8-13(2)19-17(9-12)26-21(27)18(29-22(26)24-19)10-15-11-23-25-20(15)14-4-6-16(28-3)7-5-14/h4-10,15,20,23,25H,11H2,1-3H3/b18-10-. The van der Waals surface area contributed by atoms with Crippen molar-refractivity contribution >= 4 is 33.4 Å². The van der Waals surface area contributed by atoms with Gasteiger partial charge in [0.15, 0.2) is 4.96 Å². The highest BCUT2D eigenvalue weighted by molar-refractivity contribution is 7.15. The van der Waals surface area contributed by atoms with Crippen LogP contribution >= 0.6 is 11.3 Å². The molecule has 4 aromatic rings. The topological polar surface area (TPSA) is 67.7 Å². The van der Waals surface area contributed by atoms with Crippen LogP contribution in [0.4, 0.5) is 0 Å². The highest BCUT2D eigenvalue weighted by Crippen LogP contribution is 2.28. The third kappa shape index (κ3) is 3.02. The molecule has 29 heavy (non-hydrogen) atoms. The van der Waals surface area contributed by atoms with Gasteiger partial charge in [0.25, 0.3) is 5.56 Å². The molecule has 2 unspecified atom stereocenters. The maximum atomic E-state index is 13.2. The first-order chi connectivity index (χ1) is 14.0. The average molecular weight is 407 g/mol. The number of hydrogen-bond acceptors (Lipinski definition) is 6. The van der Waals surface area contributed by atoms with Crippen LogP contribution in [0.25, 0.3) is 22.1 Å². The minimum absolute atomic E-state index is 0.0119. The lowest BCUT2D eigenvalue weighted by Gasteiger charge is -2.15. The summed E-state index contributed by atoms with van der Waals surface area (Å²) in [6.45, 7) is 4.85. The molecule has 1 aliphatic heterocycles. The molecule has 0 aliphatic carbocycles. The Balaban J connectivity index is 1.59. The molecule has 5 rings (SSSR count). The zero-order chi connectivity index (χ0) is 20.1. The second kappa shape index (κ2) is 6.95. The summed E-state index contributed by atoms with van der Waals surface area (Å²) in [6.07, 6.45) is 2.08. The third-order valence-corrected chi connectivity index (χ3v) is 6.53. The minimum atomic E-state index is 0.0119. The molecule has 1 aliphatic rings. The van der Waals surface area contributed by atoms with Gasteiger partial charge in [-0.15, -0.1) is 0 Å². The molecule has 7 heteroatoms. The fraction of sp³-hybridized carbons (Fsp3) is 0.273. The summed E-state index contributed by atoms with van der Waals surface area (Å²) in [7, 11) is 1.66. The Kier molecular flexibility index (Phi) is 4.38. The summed E-state index contributed by atoms with van der Waals surface area (Å²) in [5.74, 6) is 0.994. The third-order valence-electron chi connectivity index (χ3n) is 5.54. The van der Waals surface area contributed by atoms with Crippen LogP contribution in [0.15, 0.2) is 41.2 Å². The number of rotatable bonds is 3. The molecule has 1 saturated heterocycles. The van der Waals surface area contributed by atoms with Crippen LogP contribution in [-0.2, 0) is 0 Å². The Bertz CT molecular complexity index is 1320. The van der Waals surface area contributed by atoms with E-state index in [0.29, 0.717) is 0 Å². The van der Waals surface area contributed by atoms with E-state index in [4.69, 9.17) is 9.72 Å².